The molecule has 5 heteroatoms. The number of hydrogen-bond acceptors (Lipinski definition) is 3. The third kappa shape index (κ3) is 2.17. The number of aliphatic hydroxyl groups excluding tert-OH is 1. The summed E-state index contributed by atoms with van der Waals surface area (Å²) in [5.41, 5.74) is 5.46. The predicted octanol–water partition coefficient (Wildman–Crippen LogP) is 3.95. The van der Waals surface area contributed by atoms with E-state index in [9.17, 15) is 5.11 Å². The van der Waals surface area contributed by atoms with Gasteiger partial charge in [0.25, 0.3) is 0 Å². The van der Waals surface area contributed by atoms with Gasteiger partial charge in [-0.1, -0.05) is 18.2 Å². The van der Waals surface area contributed by atoms with Crippen LogP contribution in [-0.4, -0.2) is 27.5 Å². The van der Waals surface area contributed by atoms with Crippen LogP contribution in [0.25, 0.3) is 16.6 Å². The van der Waals surface area contributed by atoms with E-state index >= 15 is 0 Å². The molecule has 2 heterocycles. The molecule has 3 N–H and O–H groups in total. The molecule has 0 radical (unpaired) electrons. The number of H-pyrrole nitrogens is 1. The zero-order chi connectivity index (χ0) is 16.8. The maximum Gasteiger partial charge on any atom is 0.145 e. The number of anilines is 1. The van der Waals surface area contributed by atoms with Gasteiger partial charge in [-0.25, -0.2) is 4.98 Å². The number of imidazole rings is 1. The molecule has 0 fully saturated rings. The van der Waals surface area contributed by atoms with E-state index in [1.807, 2.05) is 49.4 Å². The van der Waals surface area contributed by atoms with Crippen molar-refractivity contribution in [2.75, 3.05) is 11.4 Å². The molecule has 3 aromatic rings. The lowest BCUT2D eigenvalue weighted by Crippen LogP contribution is -2.26. The van der Waals surface area contributed by atoms with Gasteiger partial charge >= 0.3 is 0 Å². The summed E-state index contributed by atoms with van der Waals surface area (Å²) >= 11 is 0. The predicted molar refractivity (Wildman–Crippen MR) is 96.6 cm³/mol. The van der Waals surface area contributed by atoms with Crippen molar-refractivity contribution in [3.8, 4) is 0 Å². The topological polar surface area (TPSA) is 76.0 Å². The van der Waals surface area contributed by atoms with Crippen LogP contribution in [0.15, 0.2) is 48.2 Å². The Morgan fingerprint density at radius 3 is 2.67 bits per heavy atom. The first-order valence-corrected chi connectivity index (χ1v) is 7.85. The minimum Gasteiger partial charge on any atom is -0.509 e. The first kappa shape index (κ1) is 14.5. The zero-order valence-corrected chi connectivity index (χ0v) is 13.6. The maximum absolute atomic E-state index is 10.4. The average Bonchev–Trinajstić information content (AvgIpc) is 3.10. The highest BCUT2D eigenvalue weighted by molar-refractivity contribution is 6.30. The molecule has 4 rings (SSSR count). The lowest BCUT2D eigenvalue weighted by Gasteiger charge is -2.19. The molecule has 1 aromatic heterocycles. The summed E-state index contributed by atoms with van der Waals surface area (Å²) in [4.78, 5) is 9.50. The van der Waals surface area contributed by atoms with E-state index in [4.69, 9.17) is 5.41 Å². The van der Waals surface area contributed by atoms with Gasteiger partial charge in [-0.15, -0.1) is 0 Å². The Balaban J connectivity index is 1.73. The van der Waals surface area contributed by atoms with Crippen LogP contribution >= 0.6 is 0 Å². The van der Waals surface area contributed by atoms with Crippen molar-refractivity contribution in [2.24, 2.45) is 0 Å². The number of fused-ring (bicyclic) bond motifs is 1. The normalized spacial score (nSPS) is 14.9. The fourth-order valence-electron chi connectivity index (χ4n) is 3.01. The number of benzene rings is 2. The number of nitrogens with one attached hydrogen (secondary N) is 2. The summed E-state index contributed by atoms with van der Waals surface area (Å²) in [5.74, 6) is 0.956. The number of rotatable bonds is 2. The molecule has 1 aliphatic heterocycles. The molecule has 120 valence electrons. The van der Waals surface area contributed by atoms with Crippen LogP contribution in [0.2, 0.25) is 0 Å². The first-order valence-electron chi connectivity index (χ1n) is 7.85. The van der Waals surface area contributed by atoms with Gasteiger partial charge in [-0.05, 0) is 49.2 Å². The third-order valence-electron chi connectivity index (χ3n) is 4.53. The number of para-hydroxylation sites is 2. The van der Waals surface area contributed by atoms with Crippen LogP contribution in [0.3, 0.4) is 0 Å². The SMILES string of the molecule is Cc1ccc(N2CC(O)=C(c3nc4ccccc4[nH]3)C2=N)cc1C. The molecule has 0 amide bonds. The fraction of sp³-hybridized carbons (Fsp3) is 0.158. The lowest BCUT2D eigenvalue weighted by molar-refractivity contribution is 0.411. The fourth-order valence-corrected chi connectivity index (χ4v) is 3.01. The van der Waals surface area contributed by atoms with E-state index in [0.29, 0.717) is 11.4 Å². The average molecular weight is 318 g/mol. The Kier molecular flexibility index (Phi) is 3.16. The van der Waals surface area contributed by atoms with Gasteiger partial charge in [-0.2, -0.15) is 0 Å². The van der Waals surface area contributed by atoms with Crippen molar-refractivity contribution in [1.82, 2.24) is 9.97 Å². The summed E-state index contributed by atoms with van der Waals surface area (Å²) in [7, 11) is 0. The highest BCUT2D eigenvalue weighted by Gasteiger charge is 2.31. The molecule has 0 aliphatic carbocycles. The summed E-state index contributed by atoms with van der Waals surface area (Å²) in [6.45, 7) is 4.39. The third-order valence-corrected chi connectivity index (χ3v) is 4.53. The van der Waals surface area contributed by atoms with Gasteiger partial charge < -0.3 is 15.0 Å². The molecule has 1 aliphatic rings. The van der Waals surface area contributed by atoms with Crippen molar-refractivity contribution in [3.63, 3.8) is 0 Å². The number of hydrogen-bond donors (Lipinski definition) is 3. The second-order valence-corrected chi connectivity index (χ2v) is 6.13. The van der Waals surface area contributed by atoms with Gasteiger partial charge in [0, 0.05) is 5.69 Å². The molecule has 0 atom stereocenters. The van der Waals surface area contributed by atoms with Crippen molar-refractivity contribution in [3.05, 3.63) is 65.2 Å². The van der Waals surface area contributed by atoms with Crippen LogP contribution < -0.4 is 4.90 Å². The van der Waals surface area contributed by atoms with Gasteiger partial charge in [0.1, 0.15) is 17.4 Å². The molecule has 2 aromatic carbocycles. The molecule has 0 unspecified atom stereocenters. The Labute approximate surface area is 139 Å². The highest BCUT2D eigenvalue weighted by atomic mass is 16.3. The number of amidine groups is 1. The van der Waals surface area contributed by atoms with E-state index < -0.39 is 0 Å². The van der Waals surface area contributed by atoms with Gasteiger partial charge in [0.2, 0.25) is 0 Å². The standard InChI is InChI=1S/C19H18N4O/c1-11-7-8-13(9-12(11)2)23-10-16(24)17(18(23)20)19-21-14-5-3-4-6-15(14)22-19/h3-9,20,24H,10H2,1-2H3,(H,21,22). The zero-order valence-electron chi connectivity index (χ0n) is 13.6. The minimum atomic E-state index is 0.164. The monoisotopic (exact) mass is 318 g/mol. The van der Waals surface area contributed by atoms with Crippen LogP contribution in [0.4, 0.5) is 5.69 Å². The molecular formula is C19H18N4O. The second kappa shape index (κ2) is 5.23. The number of aryl methyl sites for hydroxylation is 2. The van der Waals surface area contributed by atoms with Crippen LogP contribution in [0.5, 0.6) is 0 Å². The summed E-state index contributed by atoms with van der Waals surface area (Å²) < 4.78 is 0. The molecule has 0 saturated carbocycles. The van der Waals surface area contributed by atoms with E-state index in [0.717, 1.165) is 22.3 Å². The maximum atomic E-state index is 10.4. The molecular weight excluding hydrogens is 300 g/mol. The van der Waals surface area contributed by atoms with Gasteiger partial charge in [-0.3, -0.25) is 5.41 Å². The van der Waals surface area contributed by atoms with E-state index in [1.54, 1.807) is 4.90 Å². The minimum absolute atomic E-state index is 0.164. The van der Waals surface area contributed by atoms with E-state index in [2.05, 4.69) is 16.9 Å². The summed E-state index contributed by atoms with van der Waals surface area (Å²) in [5, 5.41) is 18.9. The van der Waals surface area contributed by atoms with Gasteiger partial charge in [0.05, 0.1) is 23.2 Å². The van der Waals surface area contributed by atoms with Crippen molar-refractivity contribution in [1.29, 1.82) is 5.41 Å². The molecule has 24 heavy (non-hydrogen) atoms. The second-order valence-electron chi connectivity index (χ2n) is 6.13. The summed E-state index contributed by atoms with van der Waals surface area (Å²) in [6, 6.07) is 13.7. The first-order chi connectivity index (χ1) is 11.5. The lowest BCUT2D eigenvalue weighted by atomic mass is 10.1. The van der Waals surface area contributed by atoms with Gasteiger partial charge in [0.15, 0.2) is 0 Å². The highest BCUT2D eigenvalue weighted by Crippen LogP contribution is 2.31. The molecule has 5 nitrogen and oxygen atoms in total. The van der Waals surface area contributed by atoms with Crippen molar-refractivity contribution in [2.45, 2.75) is 13.8 Å². The Bertz CT molecular complexity index is 967. The number of nitrogens with zero attached hydrogens (tertiary/aromatic N) is 2. The Hall–Kier alpha value is -3.08. The van der Waals surface area contributed by atoms with Crippen molar-refractivity contribution < 1.29 is 5.11 Å². The van der Waals surface area contributed by atoms with Crippen LogP contribution in [-0.2, 0) is 0 Å². The Morgan fingerprint density at radius 1 is 1.12 bits per heavy atom. The largest absolute Gasteiger partial charge is 0.509 e. The number of aromatic amines is 1. The Morgan fingerprint density at radius 2 is 1.92 bits per heavy atom. The number of aromatic nitrogens is 2. The van der Waals surface area contributed by atoms with Crippen LogP contribution in [0, 0.1) is 19.3 Å². The molecule has 0 bridgehead atoms. The van der Waals surface area contributed by atoms with E-state index in [-0.39, 0.29) is 18.1 Å². The smallest absolute Gasteiger partial charge is 0.145 e. The molecule has 0 spiro atoms. The van der Waals surface area contributed by atoms with Crippen molar-refractivity contribution >= 4 is 28.1 Å². The van der Waals surface area contributed by atoms with Crippen LogP contribution in [0.1, 0.15) is 17.0 Å². The quantitative estimate of drug-likeness (QED) is 0.669. The van der Waals surface area contributed by atoms with E-state index in [1.165, 1.54) is 5.56 Å². The molecule has 0 saturated heterocycles. The number of aliphatic hydroxyl groups is 1. The summed E-state index contributed by atoms with van der Waals surface area (Å²) in [6.07, 6.45) is 0.